The number of esters is 1. The van der Waals surface area contributed by atoms with E-state index in [1.165, 1.54) is 45.9 Å². The normalized spacial score (nSPS) is 25.1. The van der Waals surface area contributed by atoms with Crippen LogP contribution in [0.3, 0.4) is 0 Å². The number of hydrogen-bond acceptors (Lipinski definition) is 4. The monoisotopic (exact) mass is 256 g/mol. The number of carbonyl (C=O) groups is 1. The molecule has 0 radical (unpaired) electrons. The Labute approximate surface area is 111 Å². The molecule has 0 bridgehead atoms. The largest absolute Gasteiger partial charge is 0.469 e. The lowest BCUT2D eigenvalue weighted by Crippen LogP contribution is -2.18. The first-order valence-corrected chi connectivity index (χ1v) is 7.34. The highest BCUT2D eigenvalue weighted by molar-refractivity contribution is 5.72. The lowest BCUT2D eigenvalue weighted by Gasteiger charge is -2.09. The Morgan fingerprint density at radius 2 is 1.50 bits per heavy atom. The molecule has 1 atom stereocenters. The highest BCUT2D eigenvalue weighted by Crippen LogP contribution is 2.14. The van der Waals surface area contributed by atoms with Crippen LogP contribution < -0.4 is 10.6 Å². The molecule has 18 heavy (non-hydrogen) atoms. The smallest absolute Gasteiger partial charge is 0.308 e. The van der Waals surface area contributed by atoms with Crippen LogP contribution in [0.5, 0.6) is 0 Å². The average Bonchev–Trinajstić information content (AvgIpc) is 2.85. The molecule has 0 aromatic heterocycles. The van der Waals surface area contributed by atoms with Crippen molar-refractivity contribution in [3.8, 4) is 0 Å². The maximum absolute atomic E-state index is 11.1. The van der Waals surface area contributed by atoms with E-state index in [9.17, 15) is 4.79 Å². The SMILES string of the molecule is C1CCCNCC1.COC(=O)[C@@H]1CCCNCC1. The maximum atomic E-state index is 11.1. The molecule has 2 saturated heterocycles. The molecular weight excluding hydrogens is 228 g/mol. The topological polar surface area (TPSA) is 50.4 Å². The highest BCUT2D eigenvalue weighted by atomic mass is 16.5. The Morgan fingerprint density at radius 1 is 0.889 bits per heavy atom. The van der Waals surface area contributed by atoms with E-state index in [1.54, 1.807) is 0 Å². The summed E-state index contributed by atoms with van der Waals surface area (Å²) in [5, 5.41) is 6.60. The van der Waals surface area contributed by atoms with Crippen LogP contribution in [-0.4, -0.2) is 39.3 Å². The fraction of sp³-hybridized carbons (Fsp3) is 0.929. The van der Waals surface area contributed by atoms with Gasteiger partial charge in [0, 0.05) is 0 Å². The minimum Gasteiger partial charge on any atom is -0.469 e. The molecule has 2 aliphatic rings. The van der Waals surface area contributed by atoms with Gasteiger partial charge in [-0.1, -0.05) is 12.8 Å². The molecule has 0 aromatic rings. The maximum Gasteiger partial charge on any atom is 0.308 e. The van der Waals surface area contributed by atoms with Crippen molar-refractivity contribution in [3.05, 3.63) is 0 Å². The first-order chi connectivity index (χ1) is 8.84. The molecule has 2 fully saturated rings. The van der Waals surface area contributed by atoms with E-state index in [2.05, 4.69) is 15.4 Å². The Hall–Kier alpha value is -0.610. The van der Waals surface area contributed by atoms with E-state index in [4.69, 9.17) is 0 Å². The second-order valence-corrected chi connectivity index (χ2v) is 5.07. The van der Waals surface area contributed by atoms with Crippen LogP contribution in [0, 0.1) is 5.92 Å². The summed E-state index contributed by atoms with van der Waals surface area (Å²) in [6.07, 6.45) is 8.63. The van der Waals surface area contributed by atoms with Crippen molar-refractivity contribution in [3.63, 3.8) is 0 Å². The van der Waals surface area contributed by atoms with Crippen molar-refractivity contribution in [2.45, 2.75) is 44.9 Å². The summed E-state index contributed by atoms with van der Waals surface area (Å²) < 4.78 is 4.68. The molecular formula is C14H28N2O2. The van der Waals surface area contributed by atoms with Gasteiger partial charge in [0.15, 0.2) is 0 Å². The molecule has 2 aliphatic heterocycles. The predicted octanol–water partition coefficient (Wildman–Crippen LogP) is 1.70. The Bertz CT molecular complexity index is 194. The van der Waals surface area contributed by atoms with Crippen molar-refractivity contribution >= 4 is 5.97 Å². The van der Waals surface area contributed by atoms with Crippen molar-refractivity contribution in [1.29, 1.82) is 0 Å². The van der Waals surface area contributed by atoms with E-state index in [-0.39, 0.29) is 11.9 Å². The second kappa shape index (κ2) is 10.3. The zero-order valence-corrected chi connectivity index (χ0v) is 11.7. The van der Waals surface area contributed by atoms with E-state index in [1.807, 2.05) is 0 Å². The average molecular weight is 256 g/mol. The number of methoxy groups -OCH3 is 1. The van der Waals surface area contributed by atoms with Crippen molar-refractivity contribution in [2.24, 2.45) is 5.92 Å². The second-order valence-electron chi connectivity index (χ2n) is 5.07. The predicted molar refractivity (Wildman–Crippen MR) is 73.6 cm³/mol. The van der Waals surface area contributed by atoms with Gasteiger partial charge in [0.05, 0.1) is 13.0 Å². The third-order valence-corrected chi connectivity index (χ3v) is 3.57. The number of hydrogen-bond donors (Lipinski definition) is 2. The van der Waals surface area contributed by atoms with Crippen LogP contribution in [0.2, 0.25) is 0 Å². The zero-order chi connectivity index (χ0) is 13.1. The highest BCUT2D eigenvalue weighted by Gasteiger charge is 2.19. The van der Waals surface area contributed by atoms with E-state index in [0.717, 1.165) is 32.4 Å². The lowest BCUT2D eigenvalue weighted by atomic mass is 10.0. The Kier molecular flexibility index (Phi) is 8.86. The number of rotatable bonds is 1. The van der Waals surface area contributed by atoms with Gasteiger partial charge in [-0.15, -0.1) is 0 Å². The van der Waals surface area contributed by atoms with Crippen molar-refractivity contribution < 1.29 is 9.53 Å². The molecule has 2 heterocycles. The first kappa shape index (κ1) is 15.4. The zero-order valence-electron chi connectivity index (χ0n) is 11.7. The summed E-state index contributed by atoms with van der Waals surface area (Å²) in [4.78, 5) is 11.1. The van der Waals surface area contributed by atoms with Gasteiger partial charge in [0.25, 0.3) is 0 Å². The molecule has 4 heteroatoms. The summed E-state index contributed by atoms with van der Waals surface area (Å²) >= 11 is 0. The van der Waals surface area contributed by atoms with Gasteiger partial charge in [-0.05, 0) is 58.3 Å². The molecule has 0 amide bonds. The summed E-state index contributed by atoms with van der Waals surface area (Å²) in [5.74, 6) is 0.0868. The van der Waals surface area contributed by atoms with Gasteiger partial charge in [0.1, 0.15) is 0 Å². The standard InChI is InChI=1S/C8H15NO2.C6H13N/c1-11-8(10)7-3-2-5-9-6-4-7;1-2-4-6-7-5-3-1/h7,9H,2-6H2,1H3;7H,1-6H2/t7-;/m1./s1. The van der Waals surface area contributed by atoms with Crippen LogP contribution in [0.25, 0.3) is 0 Å². The van der Waals surface area contributed by atoms with Crippen LogP contribution in [0.1, 0.15) is 44.9 Å². The molecule has 0 aromatic carbocycles. The Morgan fingerprint density at radius 3 is 2.17 bits per heavy atom. The van der Waals surface area contributed by atoms with Gasteiger partial charge >= 0.3 is 5.97 Å². The van der Waals surface area contributed by atoms with E-state index in [0.29, 0.717) is 0 Å². The number of carbonyl (C=O) groups excluding carboxylic acids is 1. The molecule has 0 saturated carbocycles. The molecule has 0 aliphatic carbocycles. The third-order valence-electron chi connectivity index (χ3n) is 3.57. The quantitative estimate of drug-likeness (QED) is 0.701. The number of nitrogens with one attached hydrogen (secondary N) is 2. The van der Waals surface area contributed by atoms with Crippen molar-refractivity contribution in [1.82, 2.24) is 10.6 Å². The molecule has 0 spiro atoms. The van der Waals surface area contributed by atoms with Crippen LogP contribution in [-0.2, 0) is 9.53 Å². The molecule has 0 unspecified atom stereocenters. The summed E-state index contributed by atoms with van der Waals surface area (Å²) in [6, 6.07) is 0. The van der Waals surface area contributed by atoms with Gasteiger partial charge in [-0.3, -0.25) is 4.79 Å². The number of ether oxygens (including phenoxy) is 1. The minimum atomic E-state index is -0.0475. The first-order valence-electron chi connectivity index (χ1n) is 7.34. The summed E-state index contributed by atoms with van der Waals surface area (Å²) in [5.41, 5.74) is 0. The summed E-state index contributed by atoms with van der Waals surface area (Å²) in [7, 11) is 1.46. The molecule has 2 rings (SSSR count). The van der Waals surface area contributed by atoms with Crippen LogP contribution >= 0.6 is 0 Å². The van der Waals surface area contributed by atoms with Gasteiger partial charge in [0.2, 0.25) is 0 Å². The van der Waals surface area contributed by atoms with Gasteiger partial charge < -0.3 is 15.4 Å². The fourth-order valence-corrected chi connectivity index (χ4v) is 2.40. The van der Waals surface area contributed by atoms with Crippen molar-refractivity contribution in [2.75, 3.05) is 33.3 Å². The van der Waals surface area contributed by atoms with E-state index < -0.39 is 0 Å². The lowest BCUT2D eigenvalue weighted by molar-refractivity contribution is -0.145. The Balaban J connectivity index is 0.000000199. The van der Waals surface area contributed by atoms with Gasteiger partial charge in [-0.25, -0.2) is 0 Å². The van der Waals surface area contributed by atoms with E-state index >= 15 is 0 Å². The molecule has 2 N–H and O–H groups in total. The minimum absolute atomic E-state index is 0.0475. The molecule has 4 nitrogen and oxygen atoms in total. The van der Waals surface area contributed by atoms with Crippen LogP contribution in [0.4, 0.5) is 0 Å². The fourth-order valence-electron chi connectivity index (χ4n) is 2.40. The van der Waals surface area contributed by atoms with Gasteiger partial charge in [-0.2, -0.15) is 0 Å². The third kappa shape index (κ3) is 6.97. The molecule has 106 valence electrons. The summed E-state index contributed by atoms with van der Waals surface area (Å²) in [6.45, 7) is 4.48. The van der Waals surface area contributed by atoms with Crippen LogP contribution in [0.15, 0.2) is 0 Å².